The second-order valence-electron chi connectivity index (χ2n) is 7.50. The first-order chi connectivity index (χ1) is 15.1. The van der Waals surface area contributed by atoms with Gasteiger partial charge in [0.25, 0.3) is 5.56 Å². The number of methoxy groups -OCH3 is 1. The summed E-state index contributed by atoms with van der Waals surface area (Å²) in [6, 6.07) is 15.9. The topological polar surface area (TPSA) is 76.0 Å². The summed E-state index contributed by atoms with van der Waals surface area (Å²) in [6.45, 7) is 3.32. The molecule has 0 aliphatic carbocycles. The molecule has 7 nitrogen and oxygen atoms in total. The Morgan fingerprint density at radius 1 is 1.06 bits per heavy atom. The summed E-state index contributed by atoms with van der Waals surface area (Å²) < 4.78 is 7.59. The van der Waals surface area contributed by atoms with Crippen LogP contribution in [0.25, 0.3) is 16.7 Å². The summed E-state index contributed by atoms with van der Waals surface area (Å²) in [5, 5.41) is 0.299. The largest absolute Gasteiger partial charge is 0.495 e. The molecule has 5 rings (SSSR count). The Kier molecular flexibility index (Phi) is 4.78. The predicted molar refractivity (Wildman–Crippen MR) is 123 cm³/mol. The van der Waals surface area contributed by atoms with Crippen LogP contribution in [0.15, 0.2) is 53.3 Å². The van der Waals surface area contributed by atoms with Crippen molar-refractivity contribution in [2.45, 2.75) is 19.9 Å². The minimum absolute atomic E-state index is 0.292. The number of anilines is 1. The van der Waals surface area contributed by atoms with Gasteiger partial charge in [0, 0.05) is 13.1 Å². The molecule has 3 heterocycles. The number of nitrogens with one attached hydrogen (secondary N) is 1. The zero-order valence-corrected chi connectivity index (χ0v) is 18.1. The van der Waals surface area contributed by atoms with Gasteiger partial charge in [0.1, 0.15) is 21.6 Å². The van der Waals surface area contributed by atoms with Crippen LogP contribution < -0.4 is 15.2 Å². The molecule has 2 aromatic heterocycles. The fourth-order valence-electron chi connectivity index (χ4n) is 4.11. The molecule has 0 bridgehead atoms. The molecule has 156 valence electrons. The number of nitrogens with zero attached hydrogens (tertiary/aromatic N) is 4. The van der Waals surface area contributed by atoms with Gasteiger partial charge < -0.3 is 9.64 Å². The zero-order chi connectivity index (χ0) is 21.5. The van der Waals surface area contributed by atoms with Crippen molar-refractivity contribution < 1.29 is 4.74 Å². The fraction of sp³-hybridized carbons (Fsp3) is 0.217. The Hall–Kier alpha value is -3.52. The van der Waals surface area contributed by atoms with Gasteiger partial charge in [-0.15, -0.1) is 0 Å². The summed E-state index contributed by atoms with van der Waals surface area (Å²) in [5.74, 6) is 1.80. The number of fused-ring (bicyclic) bond motifs is 2. The molecule has 1 aliphatic heterocycles. The third kappa shape index (κ3) is 3.29. The van der Waals surface area contributed by atoms with Gasteiger partial charge in [-0.25, -0.2) is 4.98 Å². The van der Waals surface area contributed by atoms with Crippen LogP contribution in [0.2, 0.25) is 0 Å². The quantitative estimate of drug-likeness (QED) is 0.499. The average Bonchev–Trinajstić information content (AvgIpc) is 2.78. The molecule has 0 saturated heterocycles. The molecule has 0 radical (unpaired) electrons. The van der Waals surface area contributed by atoms with Gasteiger partial charge in [-0.1, -0.05) is 48.6 Å². The zero-order valence-electron chi connectivity index (χ0n) is 17.3. The van der Waals surface area contributed by atoms with Crippen LogP contribution in [0.3, 0.4) is 0 Å². The average molecular weight is 432 g/mol. The summed E-state index contributed by atoms with van der Waals surface area (Å²) in [4.78, 5) is 27.4. The lowest BCUT2D eigenvalue weighted by Crippen LogP contribution is -2.33. The molecule has 0 spiro atoms. The molecule has 31 heavy (non-hydrogen) atoms. The maximum Gasteiger partial charge on any atom is 0.264 e. The van der Waals surface area contributed by atoms with Crippen molar-refractivity contribution in [3.05, 3.63) is 80.5 Å². The van der Waals surface area contributed by atoms with E-state index in [1.807, 2.05) is 37.3 Å². The van der Waals surface area contributed by atoms with E-state index < -0.39 is 0 Å². The Morgan fingerprint density at radius 3 is 2.61 bits per heavy atom. The predicted octanol–water partition coefficient (Wildman–Crippen LogP) is 3.72. The molecule has 0 unspecified atom stereocenters. The number of rotatable bonds is 3. The number of para-hydroxylation sites is 2. The summed E-state index contributed by atoms with van der Waals surface area (Å²) >= 11 is 5.70. The Bertz CT molecular complexity index is 1430. The van der Waals surface area contributed by atoms with Crippen molar-refractivity contribution in [1.82, 2.24) is 19.5 Å². The Morgan fingerprint density at radius 2 is 1.81 bits per heavy atom. The highest BCUT2D eigenvalue weighted by atomic mass is 32.1. The lowest BCUT2D eigenvalue weighted by Gasteiger charge is -2.29. The van der Waals surface area contributed by atoms with Gasteiger partial charge in [-0.2, -0.15) is 4.98 Å². The van der Waals surface area contributed by atoms with Crippen molar-refractivity contribution in [1.29, 1.82) is 0 Å². The molecule has 2 aromatic carbocycles. The van der Waals surface area contributed by atoms with Gasteiger partial charge >= 0.3 is 0 Å². The van der Waals surface area contributed by atoms with Crippen LogP contribution in [0.1, 0.15) is 17.0 Å². The molecule has 1 aliphatic rings. The SMILES string of the molecule is COc1ccccc1-n1c(C)nc2nc(N3CCc4ccccc4C3)[nH]c(=O)c2c1=S. The van der Waals surface area contributed by atoms with Crippen molar-refractivity contribution in [2.24, 2.45) is 0 Å². The van der Waals surface area contributed by atoms with Crippen LogP contribution >= 0.6 is 12.2 Å². The van der Waals surface area contributed by atoms with Crippen LogP contribution in [0, 0.1) is 11.6 Å². The normalized spacial score (nSPS) is 13.3. The number of hydrogen-bond donors (Lipinski definition) is 1. The standard InChI is InChI=1S/C23H21N5O2S/c1-14-24-20-19(22(31)28(14)17-9-5-6-10-18(17)30-2)21(29)26-23(25-20)27-12-11-15-7-3-4-8-16(15)13-27/h3-10H,11-13H2,1-2H3,(H,25,26,29). The highest BCUT2D eigenvalue weighted by Crippen LogP contribution is 2.26. The van der Waals surface area contributed by atoms with Crippen molar-refractivity contribution in [2.75, 3.05) is 18.6 Å². The molecule has 0 saturated carbocycles. The highest BCUT2D eigenvalue weighted by Gasteiger charge is 2.20. The number of aromatic nitrogens is 4. The van der Waals surface area contributed by atoms with E-state index in [4.69, 9.17) is 17.0 Å². The number of benzene rings is 2. The number of aryl methyl sites for hydroxylation is 1. The van der Waals surface area contributed by atoms with Gasteiger partial charge in [0.2, 0.25) is 5.95 Å². The number of hydrogen-bond acceptors (Lipinski definition) is 6. The second-order valence-corrected chi connectivity index (χ2v) is 7.89. The van der Waals surface area contributed by atoms with E-state index >= 15 is 0 Å². The minimum atomic E-state index is -0.292. The van der Waals surface area contributed by atoms with Crippen LogP contribution in [-0.4, -0.2) is 33.2 Å². The van der Waals surface area contributed by atoms with Gasteiger partial charge in [0.05, 0.1) is 12.8 Å². The first-order valence-corrected chi connectivity index (χ1v) is 10.5. The van der Waals surface area contributed by atoms with Crippen LogP contribution in [0.4, 0.5) is 5.95 Å². The van der Waals surface area contributed by atoms with Gasteiger partial charge in [0.15, 0.2) is 5.65 Å². The third-order valence-electron chi connectivity index (χ3n) is 5.65. The second kappa shape index (κ2) is 7.63. The van der Waals surface area contributed by atoms with E-state index in [2.05, 4.69) is 38.1 Å². The first-order valence-electron chi connectivity index (χ1n) is 10.1. The fourth-order valence-corrected chi connectivity index (χ4v) is 4.52. The van der Waals surface area contributed by atoms with E-state index in [9.17, 15) is 4.79 Å². The summed E-state index contributed by atoms with van der Waals surface area (Å²) in [7, 11) is 1.60. The summed E-state index contributed by atoms with van der Waals surface area (Å²) in [5.41, 5.74) is 3.37. The maximum atomic E-state index is 13.1. The first kappa shape index (κ1) is 19.4. The number of aromatic amines is 1. The summed E-state index contributed by atoms with van der Waals surface area (Å²) in [6.07, 6.45) is 0.902. The Balaban J connectivity index is 1.64. The van der Waals surface area contributed by atoms with Crippen molar-refractivity contribution in [3.63, 3.8) is 0 Å². The van der Waals surface area contributed by atoms with E-state index in [1.165, 1.54) is 11.1 Å². The molecular formula is C23H21N5O2S. The molecule has 0 amide bonds. The lowest BCUT2D eigenvalue weighted by atomic mass is 10.0. The third-order valence-corrected chi connectivity index (χ3v) is 6.04. The maximum absolute atomic E-state index is 13.1. The monoisotopic (exact) mass is 431 g/mol. The minimum Gasteiger partial charge on any atom is -0.495 e. The number of H-pyrrole nitrogens is 1. The van der Waals surface area contributed by atoms with Crippen molar-refractivity contribution in [3.8, 4) is 11.4 Å². The van der Waals surface area contributed by atoms with E-state index in [0.717, 1.165) is 18.7 Å². The van der Waals surface area contributed by atoms with Crippen molar-refractivity contribution >= 4 is 29.2 Å². The van der Waals surface area contributed by atoms with E-state index in [0.29, 0.717) is 39.7 Å². The van der Waals surface area contributed by atoms with Gasteiger partial charge in [-0.3, -0.25) is 14.3 Å². The Labute approximate surface area is 184 Å². The highest BCUT2D eigenvalue weighted by molar-refractivity contribution is 7.71. The molecule has 0 fully saturated rings. The lowest BCUT2D eigenvalue weighted by molar-refractivity contribution is 0.412. The van der Waals surface area contributed by atoms with Crippen LogP contribution in [-0.2, 0) is 13.0 Å². The molecule has 0 atom stereocenters. The smallest absolute Gasteiger partial charge is 0.264 e. The van der Waals surface area contributed by atoms with E-state index in [-0.39, 0.29) is 5.56 Å². The molecular weight excluding hydrogens is 410 g/mol. The van der Waals surface area contributed by atoms with Gasteiger partial charge in [-0.05, 0) is 36.6 Å². The number of ether oxygens (including phenoxy) is 1. The molecule has 1 N–H and O–H groups in total. The molecule has 8 heteroatoms. The van der Waals surface area contributed by atoms with Crippen LogP contribution in [0.5, 0.6) is 5.75 Å². The van der Waals surface area contributed by atoms with E-state index in [1.54, 1.807) is 11.7 Å². The molecule has 4 aromatic rings.